The first-order valence-electron chi connectivity index (χ1n) is 6.27. The summed E-state index contributed by atoms with van der Waals surface area (Å²) in [5.74, 6) is 0. The van der Waals surface area contributed by atoms with Gasteiger partial charge in [-0.15, -0.1) is 0 Å². The standard InChI is InChI=1S/C17H14O2/c1-11-7-3-4-8-13(11)16-12(2)14-9-5-6-10-15(14)19-17(16)18/h3-10H,1-2H3. The highest BCUT2D eigenvalue weighted by Crippen LogP contribution is 2.28. The summed E-state index contributed by atoms with van der Waals surface area (Å²) in [7, 11) is 0. The van der Waals surface area contributed by atoms with Crippen molar-refractivity contribution in [3.63, 3.8) is 0 Å². The summed E-state index contributed by atoms with van der Waals surface area (Å²) in [5, 5.41) is 0.986. The molecule has 0 saturated carbocycles. The van der Waals surface area contributed by atoms with Gasteiger partial charge in [0.15, 0.2) is 0 Å². The van der Waals surface area contributed by atoms with Gasteiger partial charge in [-0.3, -0.25) is 0 Å². The molecule has 0 amide bonds. The third-order valence-corrected chi connectivity index (χ3v) is 3.49. The normalized spacial score (nSPS) is 10.8. The molecule has 0 bridgehead atoms. The molecule has 0 aliphatic rings. The molecule has 0 atom stereocenters. The number of benzene rings is 2. The Morgan fingerprint density at radius 3 is 2.37 bits per heavy atom. The van der Waals surface area contributed by atoms with Gasteiger partial charge in [-0.25, -0.2) is 4.79 Å². The molecule has 94 valence electrons. The monoisotopic (exact) mass is 250 g/mol. The average molecular weight is 250 g/mol. The second-order valence-electron chi connectivity index (χ2n) is 4.70. The lowest BCUT2D eigenvalue weighted by Crippen LogP contribution is -2.06. The molecular weight excluding hydrogens is 236 g/mol. The number of hydrogen-bond acceptors (Lipinski definition) is 2. The minimum absolute atomic E-state index is 0.273. The van der Waals surface area contributed by atoms with Crippen LogP contribution in [0.15, 0.2) is 57.7 Å². The molecule has 2 nitrogen and oxygen atoms in total. The van der Waals surface area contributed by atoms with Gasteiger partial charge >= 0.3 is 5.63 Å². The molecule has 2 aromatic carbocycles. The largest absolute Gasteiger partial charge is 0.422 e. The van der Waals surface area contributed by atoms with Crippen LogP contribution in [0.1, 0.15) is 11.1 Å². The molecule has 3 aromatic rings. The van der Waals surface area contributed by atoms with Crippen LogP contribution in [0.5, 0.6) is 0 Å². The van der Waals surface area contributed by atoms with Gasteiger partial charge in [0.2, 0.25) is 0 Å². The van der Waals surface area contributed by atoms with E-state index in [-0.39, 0.29) is 5.63 Å². The minimum atomic E-state index is -0.273. The Kier molecular flexibility index (Phi) is 2.71. The third kappa shape index (κ3) is 1.85. The first-order chi connectivity index (χ1) is 9.18. The maximum Gasteiger partial charge on any atom is 0.344 e. The topological polar surface area (TPSA) is 30.2 Å². The van der Waals surface area contributed by atoms with E-state index < -0.39 is 0 Å². The van der Waals surface area contributed by atoms with Crippen LogP contribution in [0.2, 0.25) is 0 Å². The highest BCUT2D eigenvalue weighted by Gasteiger charge is 2.14. The van der Waals surface area contributed by atoms with Crippen molar-refractivity contribution in [2.75, 3.05) is 0 Å². The summed E-state index contributed by atoms with van der Waals surface area (Å²) >= 11 is 0. The van der Waals surface area contributed by atoms with Crippen molar-refractivity contribution in [2.24, 2.45) is 0 Å². The van der Waals surface area contributed by atoms with Crippen molar-refractivity contribution in [3.05, 3.63) is 70.1 Å². The van der Waals surface area contributed by atoms with Gasteiger partial charge in [0.1, 0.15) is 5.58 Å². The zero-order chi connectivity index (χ0) is 13.4. The van der Waals surface area contributed by atoms with Crippen LogP contribution < -0.4 is 5.63 Å². The molecule has 0 radical (unpaired) electrons. The first kappa shape index (κ1) is 11.7. The van der Waals surface area contributed by atoms with E-state index in [9.17, 15) is 4.79 Å². The van der Waals surface area contributed by atoms with Crippen molar-refractivity contribution in [2.45, 2.75) is 13.8 Å². The highest BCUT2D eigenvalue weighted by molar-refractivity contribution is 5.87. The van der Waals surface area contributed by atoms with Gasteiger partial charge in [0.05, 0.1) is 5.56 Å². The number of rotatable bonds is 1. The van der Waals surface area contributed by atoms with Crippen LogP contribution in [0.4, 0.5) is 0 Å². The average Bonchev–Trinajstić information content (AvgIpc) is 2.41. The SMILES string of the molecule is Cc1ccccc1-c1c(C)c2ccccc2oc1=O. The van der Waals surface area contributed by atoms with E-state index in [4.69, 9.17) is 4.42 Å². The molecule has 0 N–H and O–H groups in total. The first-order valence-corrected chi connectivity index (χ1v) is 6.27. The molecule has 0 aliphatic carbocycles. The summed E-state index contributed by atoms with van der Waals surface area (Å²) < 4.78 is 5.43. The fraction of sp³-hybridized carbons (Fsp3) is 0.118. The molecule has 0 spiro atoms. The number of para-hydroxylation sites is 1. The van der Waals surface area contributed by atoms with Crippen molar-refractivity contribution in [1.29, 1.82) is 0 Å². The van der Waals surface area contributed by atoms with Crippen molar-refractivity contribution in [3.8, 4) is 11.1 Å². The predicted molar refractivity (Wildman–Crippen MR) is 77.4 cm³/mol. The maximum absolute atomic E-state index is 12.2. The second kappa shape index (κ2) is 4.39. The summed E-state index contributed by atoms with van der Waals surface area (Å²) in [4.78, 5) is 12.2. The zero-order valence-electron chi connectivity index (χ0n) is 10.9. The summed E-state index contributed by atoms with van der Waals surface area (Å²) in [5.41, 5.74) is 4.03. The molecule has 0 unspecified atom stereocenters. The Morgan fingerprint density at radius 1 is 0.895 bits per heavy atom. The van der Waals surface area contributed by atoms with Crippen LogP contribution in [0.25, 0.3) is 22.1 Å². The van der Waals surface area contributed by atoms with Crippen LogP contribution in [-0.4, -0.2) is 0 Å². The van der Waals surface area contributed by atoms with E-state index in [0.29, 0.717) is 11.1 Å². The molecule has 1 aromatic heterocycles. The number of hydrogen-bond donors (Lipinski definition) is 0. The van der Waals surface area contributed by atoms with Crippen LogP contribution >= 0.6 is 0 Å². The van der Waals surface area contributed by atoms with E-state index in [2.05, 4.69) is 0 Å². The van der Waals surface area contributed by atoms with E-state index in [1.54, 1.807) is 0 Å². The van der Waals surface area contributed by atoms with Crippen molar-refractivity contribution in [1.82, 2.24) is 0 Å². The molecule has 0 saturated heterocycles. The Bertz CT molecular complexity index is 813. The molecule has 19 heavy (non-hydrogen) atoms. The molecule has 2 heteroatoms. The second-order valence-corrected chi connectivity index (χ2v) is 4.70. The van der Waals surface area contributed by atoms with Gasteiger partial charge in [0, 0.05) is 5.39 Å². The third-order valence-electron chi connectivity index (χ3n) is 3.49. The maximum atomic E-state index is 12.2. The molecule has 0 aliphatic heterocycles. The van der Waals surface area contributed by atoms with E-state index in [1.165, 1.54) is 0 Å². The van der Waals surface area contributed by atoms with Crippen LogP contribution in [-0.2, 0) is 0 Å². The molecule has 3 rings (SSSR count). The molecular formula is C17H14O2. The van der Waals surface area contributed by atoms with E-state index in [0.717, 1.165) is 22.1 Å². The van der Waals surface area contributed by atoms with Crippen molar-refractivity contribution >= 4 is 11.0 Å². The van der Waals surface area contributed by atoms with Gasteiger partial charge in [0.25, 0.3) is 0 Å². The van der Waals surface area contributed by atoms with Crippen LogP contribution in [0, 0.1) is 13.8 Å². The van der Waals surface area contributed by atoms with Gasteiger partial charge in [-0.2, -0.15) is 0 Å². The van der Waals surface area contributed by atoms with Crippen molar-refractivity contribution < 1.29 is 4.42 Å². The fourth-order valence-electron chi connectivity index (χ4n) is 2.47. The smallest absolute Gasteiger partial charge is 0.344 e. The Balaban J connectivity index is 2.43. The predicted octanol–water partition coefficient (Wildman–Crippen LogP) is 4.08. The number of fused-ring (bicyclic) bond motifs is 1. The van der Waals surface area contributed by atoms with E-state index in [1.807, 2.05) is 62.4 Å². The Hall–Kier alpha value is -2.35. The van der Waals surface area contributed by atoms with Gasteiger partial charge in [-0.05, 0) is 36.6 Å². The lowest BCUT2D eigenvalue weighted by molar-refractivity contribution is 0.562. The van der Waals surface area contributed by atoms with E-state index >= 15 is 0 Å². The summed E-state index contributed by atoms with van der Waals surface area (Å²) in [6, 6.07) is 15.5. The summed E-state index contributed by atoms with van der Waals surface area (Å²) in [6.45, 7) is 3.98. The number of aryl methyl sites for hydroxylation is 2. The van der Waals surface area contributed by atoms with Gasteiger partial charge < -0.3 is 4.42 Å². The highest BCUT2D eigenvalue weighted by atomic mass is 16.4. The van der Waals surface area contributed by atoms with Gasteiger partial charge in [-0.1, -0.05) is 42.5 Å². The lowest BCUT2D eigenvalue weighted by Gasteiger charge is -2.09. The molecule has 1 heterocycles. The molecule has 0 fully saturated rings. The fourth-order valence-corrected chi connectivity index (χ4v) is 2.47. The minimum Gasteiger partial charge on any atom is -0.422 e. The zero-order valence-corrected chi connectivity index (χ0v) is 10.9. The Labute approximate surface area is 111 Å². The van der Waals surface area contributed by atoms with Crippen LogP contribution in [0.3, 0.4) is 0 Å². The lowest BCUT2D eigenvalue weighted by atomic mass is 9.96. The summed E-state index contributed by atoms with van der Waals surface area (Å²) in [6.07, 6.45) is 0. The quantitative estimate of drug-likeness (QED) is 0.609. The Morgan fingerprint density at radius 2 is 1.58 bits per heavy atom.